The van der Waals surface area contributed by atoms with Crippen molar-refractivity contribution in [1.29, 1.82) is 0 Å². The van der Waals surface area contributed by atoms with Gasteiger partial charge >= 0.3 is 0 Å². The standard InChI is InChI=1S/C19H11ClN6O/c20-12-8-11(9-13-17(12)25-26-24-13)16-15(10-4-2-1-3-5-10)23-19-18(22-16)14(27)6-7-21-19/h1-9H,(H,21,23,27)(H,24,25,26). The van der Waals surface area contributed by atoms with Crippen LogP contribution in [0, 0.1) is 0 Å². The summed E-state index contributed by atoms with van der Waals surface area (Å²) in [6.45, 7) is 0. The Morgan fingerprint density at radius 3 is 2.52 bits per heavy atom. The molecule has 0 aliphatic carbocycles. The zero-order chi connectivity index (χ0) is 18.4. The van der Waals surface area contributed by atoms with Gasteiger partial charge in [0.1, 0.15) is 11.0 Å². The van der Waals surface area contributed by atoms with E-state index in [0.717, 1.165) is 5.56 Å². The van der Waals surface area contributed by atoms with E-state index < -0.39 is 0 Å². The van der Waals surface area contributed by atoms with Crippen LogP contribution in [0.4, 0.5) is 0 Å². The molecule has 2 N–H and O–H groups in total. The Bertz CT molecular complexity index is 1360. The molecular formula is C19H11ClN6O. The van der Waals surface area contributed by atoms with Crippen LogP contribution in [0.2, 0.25) is 5.02 Å². The van der Waals surface area contributed by atoms with Crippen LogP contribution in [-0.2, 0) is 0 Å². The molecule has 2 aromatic carbocycles. The number of hydrogen-bond acceptors (Lipinski definition) is 5. The van der Waals surface area contributed by atoms with Crippen molar-refractivity contribution in [3.05, 3.63) is 70.0 Å². The molecule has 5 aromatic rings. The number of rotatable bonds is 2. The average Bonchev–Trinajstić information content (AvgIpc) is 3.17. The Kier molecular flexibility index (Phi) is 3.48. The molecule has 8 heteroatoms. The van der Waals surface area contributed by atoms with Gasteiger partial charge in [0.25, 0.3) is 0 Å². The summed E-state index contributed by atoms with van der Waals surface area (Å²) >= 11 is 6.36. The van der Waals surface area contributed by atoms with Gasteiger partial charge in [-0.15, -0.1) is 0 Å². The Hall–Kier alpha value is -3.58. The zero-order valence-electron chi connectivity index (χ0n) is 13.8. The highest BCUT2D eigenvalue weighted by Crippen LogP contribution is 2.33. The van der Waals surface area contributed by atoms with Crippen molar-refractivity contribution < 1.29 is 0 Å². The first-order chi connectivity index (χ1) is 13.2. The van der Waals surface area contributed by atoms with Crippen LogP contribution in [0.5, 0.6) is 0 Å². The van der Waals surface area contributed by atoms with Crippen LogP contribution in [0.1, 0.15) is 0 Å². The third-order valence-corrected chi connectivity index (χ3v) is 4.57. The van der Waals surface area contributed by atoms with Gasteiger partial charge < -0.3 is 4.98 Å². The van der Waals surface area contributed by atoms with Crippen LogP contribution in [0.25, 0.3) is 44.7 Å². The molecule has 0 aliphatic rings. The number of hydrogen-bond donors (Lipinski definition) is 2. The zero-order valence-corrected chi connectivity index (χ0v) is 14.5. The van der Waals surface area contributed by atoms with E-state index in [2.05, 4.69) is 30.4 Å². The molecular weight excluding hydrogens is 364 g/mol. The topological polar surface area (TPSA) is 100 Å². The van der Waals surface area contributed by atoms with Gasteiger partial charge in [-0.05, 0) is 12.1 Å². The van der Waals surface area contributed by atoms with Crippen molar-refractivity contribution in [2.75, 3.05) is 0 Å². The van der Waals surface area contributed by atoms with E-state index >= 15 is 0 Å². The minimum Gasteiger partial charge on any atom is -0.345 e. The lowest BCUT2D eigenvalue weighted by molar-refractivity contribution is 0.959. The molecule has 0 saturated carbocycles. The molecule has 7 nitrogen and oxygen atoms in total. The molecule has 0 saturated heterocycles. The molecule has 0 aliphatic heterocycles. The van der Waals surface area contributed by atoms with Crippen LogP contribution in [-0.4, -0.2) is 30.4 Å². The third-order valence-electron chi connectivity index (χ3n) is 4.28. The third kappa shape index (κ3) is 2.56. The summed E-state index contributed by atoms with van der Waals surface area (Å²) < 4.78 is 0. The fraction of sp³-hybridized carbons (Fsp3) is 0. The molecule has 3 heterocycles. The minimum atomic E-state index is -0.203. The summed E-state index contributed by atoms with van der Waals surface area (Å²) in [4.78, 5) is 24.6. The minimum absolute atomic E-state index is 0.203. The first-order valence-corrected chi connectivity index (χ1v) is 8.54. The van der Waals surface area contributed by atoms with E-state index in [1.807, 2.05) is 36.4 Å². The highest BCUT2D eigenvalue weighted by Gasteiger charge is 2.17. The van der Waals surface area contributed by atoms with E-state index in [9.17, 15) is 4.79 Å². The largest absolute Gasteiger partial charge is 0.345 e. The lowest BCUT2D eigenvalue weighted by atomic mass is 10.0. The Balaban J connectivity index is 1.88. The lowest BCUT2D eigenvalue weighted by Crippen LogP contribution is -2.06. The second-order valence-electron chi connectivity index (χ2n) is 5.98. The van der Waals surface area contributed by atoms with Gasteiger partial charge in [-0.2, -0.15) is 15.4 Å². The molecule has 0 atom stereocenters. The summed E-state index contributed by atoms with van der Waals surface area (Å²) in [5.41, 5.74) is 4.46. The number of pyridine rings is 1. The number of benzene rings is 2. The van der Waals surface area contributed by atoms with Gasteiger partial charge in [0.15, 0.2) is 11.2 Å². The second kappa shape index (κ2) is 6.00. The van der Waals surface area contributed by atoms with Gasteiger partial charge in [0, 0.05) is 23.4 Å². The number of aromatic nitrogens is 6. The maximum absolute atomic E-state index is 12.3. The molecule has 5 rings (SSSR count). The van der Waals surface area contributed by atoms with Crippen LogP contribution >= 0.6 is 11.6 Å². The molecule has 0 bridgehead atoms. The number of H-pyrrole nitrogens is 2. The number of nitrogens with zero attached hydrogens (tertiary/aromatic N) is 4. The summed E-state index contributed by atoms with van der Waals surface area (Å²) in [5.74, 6) is 0. The maximum atomic E-state index is 12.3. The predicted octanol–water partition coefficient (Wildman–Crippen LogP) is 3.58. The smallest absolute Gasteiger partial charge is 0.209 e. The average molecular weight is 375 g/mol. The van der Waals surface area contributed by atoms with Crippen LogP contribution in [0.15, 0.2) is 59.5 Å². The van der Waals surface area contributed by atoms with Gasteiger partial charge in [0.05, 0.1) is 16.4 Å². The normalized spacial score (nSPS) is 11.3. The molecule has 0 spiro atoms. The van der Waals surface area contributed by atoms with Crippen LogP contribution < -0.4 is 5.43 Å². The van der Waals surface area contributed by atoms with E-state index in [-0.39, 0.29) is 10.9 Å². The highest BCUT2D eigenvalue weighted by molar-refractivity contribution is 6.35. The van der Waals surface area contributed by atoms with E-state index in [4.69, 9.17) is 11.6 Å². The fourth-order valence-corrected chi connectivity index (χ4v) is 3.28. The van der Waals surface area contributed by atoms with Crippen molar-refractivity contribution >= 4 is 33.8 Å². The molecule has 27 heavy (non-hydrogen) atoms. The van der Waals surface area contributed by atoms with E-state index in [0.29, 0.717) is 38.7 Å². The van der Waals surface area contributed by atoms with Crippen molar-refractivity contribution in [3.63, 3.8) is 0 Å². The van der Waals surface area contributed by atoms with E-state index in [1.54, 1.807) is 12.3 Å². The van der Waals surface area contributed by atoms with Crippen molar-refractivity contribution in [3.8, 4) is 22.5 Å². The summed E-state index contributed by atoms with van der Waals surface area (Å²) in [6.07, 6.45) is 1.56. The number of halogens is 1. The molecule has 3 aromatic heterocycles. The first kappa shape index (κ1) is 15.7. The predicted molar refractivity (Wildman–Crippen MR) is 103 cm³/mol. The van der Waals surface area contributed by atoms with Gasteiger partial charge in [0.2, 0.25) is 5.43 Å². The summed E-state index contributed by atoms with van der Waals surface area (Å²) in [5, 5.41) is 11.2. The van der Waals surface area contributed by atoms with Crippen molar-refractivity contribution in [2.45, 2.75) is 0 Å². The summed E-state index contributed by atoms with van der Waals surface area (Å²) in [7, 11) is 0. The quantitative estimate of drug-likeness (QED) is 0.492. The Morgan fingerprint density at radius 1 is 0.852 bits per heavy atom. The van der Waals surface area contributed by atoms with Gasteiger partial charge in [-0.1, -0.05) is 41.9 Å². The van der Waals surface area contributed by atoms with E-state index in [1.165, 1.54) is 6.07 Å². The maximum Gasteiger partial charge on any atom is 0.209 e. The lowest BCUT2D eigenvalue weighted by Gasteiger charge is -2.10. The number of aromatic amines is 2. The summed E-state index contributed by atoms with van der Waals surface area (Å²) in [6, 6.07) is 14.7. The SMILES string of the molecule is O=c1cc[nH]c2nc(-c3ccccc3)c(-c3cc(Cl)c4n[nH]nc4c3)nc12. The van der Waals surface area contributed by atoms with Gasteiger partial charge in [-0.3, -0.25) is 4.79 Å². The molecule has 0 radical (unpaired) electrons. The Morgan fingerprint density at radius 2 is 1.67 bits per heavy atom. The second-order valence-corrected chi connectivity index (χ2v) is 6.38. The monoisotopic (exact) mass is 374 g/mol. The number of nitrogens with one attached hydrogen (secondary N) is 2. The molecule has 130 valence electrons. The van der Waals surface area contributed by atoms with Crippen molar-refractivity contribution in [2.24, 2.45) is 0 Å². The molecule has 0 amide bonds. The van der Waals surface area contributed by atoms with Gasteiger partial charge in [-0.25, -0.2) is 9.97 Å². The fourth-order valence-electron chi connectivity index (χ4n) is 3.03. The molecule has 0 fully saturated rings. The highest BCUT2D eigenvalue weighted by atomic mass is 35.5. The first-order valence-electron chi connectivity index (χ1n) is 8.16. The Labute approximate surface area is 157 Å². The van der Waals surface area contributed by atoms with Crippen LogP contribution in [0.3, 0.4) is 0 Å². The number of fused-ring (bicyclic) bond motifs is 2. The molecule has 0 unspecified atom stereocenters. The van der Waals surface area contributed by atoms with Crippen molar-refractivity contribution in [1.82, 2.24) is 30.4 Å².